The molecule has 0 atom stereocenters. The van der Waals surface area contributed by atoms with Gasteiger partial charge in [0, 0.05) is 5.56 Å². The van der Waals surface area contributed by atoms with E-state index < -0.39 is 0 Å². The van der Waals surface area contributed by atoms with Crippen LogP contribution >= 0.6 is 0 Å². The summed E-state index contributed by atoms with van der Waals surface area (Å²) in [6, 6.07) is 12.0. The maximum absolute atomic E-state index is 11.4. The van der Waals surface area contributed by atoms with Crippen molar-refractivity contribution in [3.8, 4) is 16.9 Å². The van der Waals surface area contributed by atoms with Gasteiger partial charge in [-0.2, -0.15) is 0 Å². The lowest BCUT2D eigenvalue weighted by Gasteiger charge is -2.15. The van der Waals surface area contributed by atoms with E-state index in [-0.39, 0.29) is 11.8 Å². The number of aromatic nitrogens is 2. The van der Waals surface area contributed by atoms with Gasteiger partial charge in [0.05, 0.1) is 17.1 Å². The second-order valence-electron chi connectivity index (χ2n) is 5.51. The third-order valence-electron chi connectivity index (χ3n) is 3.32. The first-order valence-electron chi connectivity index (χ1n) is 7.02. The zero-order valence-electron chi connectivity index (χ0n) is 12.4. The van der Waals surface area contributed by atoms with Crippen molar-refractivity contribution in [2.75, 3.05) is 0 Å². The van der Waals surface area contributed by atoms with E-state index in [4.69, 9.17) is 4.74 Å². The number of aryl methyl sites for hydroxylation is 1. The van der Waals surface area contributed by atoms with Crippen LogP contribution in [0.1, 0.15) is 19.4 Å². The summed E-state index contributed by atoms with van der Waals surface area (Å²) in [6.45, 7) is 6.08. The summed E-state index contributed by atoms with van der Waals surface area (Å²) < 4.78 is 5.89. The molecule has 0 saturated heterocycles. The van der Waals surface area contributed by atoms with Gasteiger partial charge in [-0.15, -0.1) is 0 Å². The molecule has 0 aliphatic rings. The zero-order valence-corrected chi connectivity index (χ0v) is 12.4. The topological polar surface area (TPSA) is 57.9 Å². The molecule has 3 rings (SSSR count). The van der Waals surface area contributed by atoms with Gasteiger partial charge < -0.3 is 14.7 Å². The SMILES string of the molecule is Cc1ccc(OC(C)C)c(-c2ccc3[nH]c(=O)[nH]c3c2)c1. The van der Waals surface area contributed by atoms with Crippen molar-refractivity contribution in [1.29, 1.82) is 0 Å². The smallest absolute Gasteiger partial charge is 0.323 e. The van der Waals surface area contributed by atoms with E-state index in [1.807, 2.05) is 44.2 Å². The van der Waals surface area contributed by atoms with Crippen LogP contribution in [0.2, 0.25) is 0 Å². The highest BCUT2D eigenvalue weighted by atomic mass is 16.5. The summed E-state index contributed by atoms with van der Waals surface area (Å²) in [5.74, 6) is 0.854. The number of nitrogens with one attached hydrogen (secondary N) is 2. The molecule has 1 aromatic heterocycles. The Morgan fingerprint density at radius 1 is 1.00 bits per heavy atom. The van der Waals surface area contributed by atoms with Crippen LogP contribution in [0, 0.1) is 6.92 Å². The minimum absolute atomic E-state index is 0.113. The summed E-state index contributed by atoms with van der Waals surface area (Å²) in [4.78, 5) is 16.9. The largest absolute Gasteiger partial charge is 0.490 e. The molecular formula is C17H18N2O2. The number of hydrogen-bond acceptors (Lipinski definition) is 2. The fourth-order valence-electron chi connectivity index (χ4n) is 2.43. The standard InChI is InChI=1S/C17H18N2O2/c1-10(2)21-16-7-4-11(3)8-13(16)12-5-6-14-15(9-12)19-17(20)18-14/h4-10H,1-3H3,(H2,18,19,20). The lowest BCUT2D eigenvalue weighted by Crippen LogP contribution is -2.06. The van der Waals surface area contributed by atoms with Crippen molar-refractivity contribution >= 4 is 11.0 Å². The Balaban J connectivity index is 2.16. The maximum Gasteiger partial charge on any atom is 0.323 e. The Labute approximate surface area is 122 Å². The molecule has 0 aliphatic heterocycles. The number of benzene rings is 2. The van der Waals surface area contributed by atoms with Crippen LogP contribution in [0.25, 0.3) is 22.2 Å². The lowest BCUT2D eigenvalue weighted by atomic mass is 10.0. The van der Waals surface area contributed by atoms with Crippen molar-refractivity contribution in [2.24, 2.45) is 0 Å². The summed E-state index contributed by atoms with van der Waals surface area (Å²) in [5.41, 5.74) is 4.65. The summed E-state index contributed by atoms with van der Waals surface area (Å²) >= 11 is 0. The monoisotopic (exact) mass is 282 g/mol. The van der Waals surface area contributed by atoms with Gasteiger partial charge in [-0.3, -0.25) is 0 Å². The molecule has 4 nitrogen and oxygen atoms in total. The molecule has 0 radical (unpaired) electrons. The third kappa shape index (κ3) is 2.70. The van der Waals surface area contributed by atoms with Crippen LogP contribution in [0.4, 0.5) is 0 Å². The molecule has 0 bridgehead atoms. The second-order valence-corrected chi connectivity index (χ2v) is 5.51. The Kier molecular flexibility index (Phi) is 3.29. The second kappa shape index (κ2) is 5.13. The van der Waals surface area contributed by atoms with E-state index in [1.54, 1.807) is 0 Å². The van der Waals surface area contributed by atoms with Gasteiger partial charge in [0.1, 0.15) is 5.75 Å². The molecule has 0 saturated carbocycles. The Morgan fingerprint density at radius 3 is 2.52 bits per heavy atom. The zero-order chi connectivity index (χ0) is 15.0. The van der Waals surface area contributed by atoms with E-state index in [2.05, 4.69) is 23.0 Å². The maximum atomic E-state index is 11.4. The van der Waals surface area contributed by atoms with Crippen LogP contribution in [0.3, 0.4) is 0 Å². The fraction of sp³-hybridized carbons (Fsp3) is 0.235. The average molecular weight is 282 g/mol. The molecule has 4 heteroatoms. The molecule has 0 amide bonds. The first kappa shape index (κ1) is 13.5. The minimum atomic E-state index is -0.190. The average Bonchev–Trinajstić information content (AvgIpc) is 2.79. The van der Waals surface area contributed by atoms with Gasteiger partial charge in [-0.25, -0.2) is 4.79 Å². The Bertz CT molecular complexity index is 843. The highest BCUT2D eigenvalue weighted by Gasteiger charge is 2.10. The number of aromatic amines is 2. The summed E-state index contributed by atoms with van der Waals surface area (Å²) in [5, 5.41) is 0. The van der Waals surface area contributed by atoms with Gasteiger partial charge in [-0.1, -0.05) is 17.7 Å². The molecule has 0 fully saturated rings. The first-order chi connectivity index (χ1) is 10.0. The molecule has 0 aliphatic carbocycles. The highest BCUT2D eigenvalue weighted by Crippen LogP contribution is 2.32. The lowest BCUT2D eigenvalue weighted by molar-refractivity contribution is 0.243. The number of rotatable bonds is 3. The van der Waals surface area contributed by atoms with Crippen molar-refractivity contribution in [1.82, 2.24) is 9.97 Å². The normalized spacial score (nSPS) is 11.2. The van der Waals surface area contributed by atoms with Gasteiger partial charge in [0.25, 0.3) is 0 Å². The van der Waals surface area contributed by atoms with Crippen molar-refractivity contribution in [3.63, 3.8) is 0 Å². The molecule has 3 aromatic rings. The van der Waals surface area contributed by atoms with E-state index in [0.717, 1.165) is 27.9 Å². The van der Waals surface area contributed by atoms with Gasteiger partial charge >= 0.3 is 5.69 Å². The van der Waals surface area contributed by atoms with Crippen molar-refractivity contribution in [3.05, 3.63) is 52.4 Å². The molecule has 1 heterocycles. The van der Waals surface area contributed by atoms with Crippen molar-refractivity contribution < 1.29 is 4.74 Å². The number of ether oxygens (including phenoxy) is 1. The van der Waals surface area contributed by atoms with Crippen LogP contribution in [-0.2, 0) is 0 Å². The van der Waals surface area contributed by atoms with Crippen molar-refractivity contribution in [2.45, 2.75) is 26.9 Å². The number of fused-ring (bicyclic) bond motifs is 1. The van der Waals surface area contributed by atoms with E-state index in [9.17, 15) is 4.79 Å². The van der Waals surface area contributed by atoms with Crippen LogP contribution < -0.4 is 10.4 Å². The Hall–Kier alpha value is -2.49. The molecule has 2 N–H and O–H groups in total. The predicted octanol–water partition coefficient (Wildman–Crippen LogP) is 3.62. The number of imidazole rings is 1. The highest BCUT2D eigenvalue weighted by molar-refractivity contribution is 5.83. The van der Waals surface area contributed by atoms with E-state index in [0.29, 0.717) is 0 Å². The number of hydrogen-bond donors (Lipinski definition) is 2. The van der Waals surface area contributed by atoms with Gasteiger partial charge in [-0.05, 0) is 50.6 Å². The van der Waals surface area contributed by atoms with Crippen LogP contribution in [0.5, 0.6) is 5.75 Å². The predicted molar refractivity (Wildman–Crippen MR) is 84.9 cm³/mol. The van der Waals surface area contributed by atoms with Gasteiger partial charge in [0.15, 0.2) is 0 Å². The summed E-state index contributed by atoms with van der Waals surface area (Å²) in [6.07, 6.45) is 0.113. The number of H-pyrrole nitrogens is 2. The minimum Gasteiger partial charge on any atom is -0.490 e. The molecule has 108 valence electrons. The molecular weight excluding hydrogens is 264 g/mol. The van der Waals surface area contributed by atoms with Gasteiger partial charge in [0.2, 0.25) is 0 Å². The third-order valence-corrected chi connectivity index (χ3v) is 3.32. The molecule has 0 unspecified atom stereocenters. The Morgan fingerprint density at radius 2 is 1.76 bits per heavy atom. The summed E-state index contributed by atoms with van der Waals surface area (Å²) in [7, 11) is 0. The molecule has 21 heavy (non-hydrogen) atoms. The first-order valence-corrected chi connectivity index (χ1v) is 7.02. The quantitative estimate of drug-likeness (QED) is 0.771. The fourth-order valence-corrected chi connectivity index (χ4v) is 2.43. The van der Waals surface area contributed by atoms with E-state index >= 15 is 0 Å². The molecule has 2 aromatic carbocycles. The van der Waals surface area contributed by atoms with E-state index in [1.165, 1.54) is 5.56 Å². The van der Waals surface area contributed by atoms with Crippen LogP contribution in [0.15, 0.2) is 41.2 Å². The van der Waals surface area contributed by atoms with Crippen LogP contribution in [-0.4, -0.2) is 16.1 Å². The molecule has 0 spiro atoms.